The largest absolute Gasteiger partial charge is 0.352 e. The molecule has 31 heavy (non-hydrogen) atoms. The highest BCUT2D eigenvalue weighted by Gasteiger charge is 2.38. The van der Waals surface area contributed by atoms with Crippen LogP contribution in [0.15, 0.2) is 42.5 Å². The highest BCUT2D eigenvalue weighted by molar-refractivity contribution is 6.07. The topological polar surface area (TPSA) is 73.0 Å². The van der Waals surface area contributed by atoms with Gasteiger partial charge < -0.3 is 15.1 Å². The van der Waals surface area contributed by atoms with Crippen LogP contribution in [0.1, 0.15) is 19.3 Å². The van der Waals surface area contributed by atoms with Gasteiger partial charge in [0, 0.05) is 50.6 Å². The molecule has 0 aromatic heterocycles. The van der Waals surface area contributed by atoms with Crippen LogP contribution < -0.4 is 10.2 Å². The van der Waals surface area contributed by atoms with Gasteiger partial charge in [-0.2, -0.15) is 0 Å². The standard InChI is InChI=1S/C24H28N4O3/c29-22(25-19-8-9-19)16-26-10-12-27(13-11-26)24(31)18-14-23(30)28(15-18)21-7-3-5-17-4-1-2-6-20(17)21/h1-7,18-19H,8-16H2,(H,25,29). The zero-order chi connectivity index (χ0) is 21.4. The molecular formula is C24H28N4O3. The Morgan fingerprint density at radius 3 is 2.48 bits per heavy atom. The lowest BCUT2D eigenvalue weighted by atomic mass is 10.1. The molecule has 1 aliphatic carbocycles. The summed E-state index contributed by atoms with van der Waals surface area (Å²) >= 11 is 0. The second kappa shape index (κ2) is 8.30. The number of carbonyl (C=O) groups is 3. The number of piperazine rings is 1. The number of fused-ring (bicyclic) bond motifs is 1. The Morgan fingerprint density at radius 1 is 0.968 bits per heavy atom. The average Bonchev–Trinajstić information content (AvgIpc) is 3.51. The molecule has 3 amide bonds. The van der Waals surface area contributed by atoms with Crippen molar-refractivity contribution in [2.24, 2.45) is 5.92 Å². The van der Waals surface area contributed by atoms with Gasteiger partial charge in [0.2, 0.25) is 17.7 Å². The van der Waals surface area contributed by atoms with Crippen molar-refractivity contribution in [1.29, 1.82) is 0 Å². The van der Waals surface area contributed by atoms with E-state index in [0.717, 1.165) is 29.3 Å². The minimum absolute atomic E-state index is 0.00471. The zero-order valence-electron chi connectivity index (χ0n) is 17.6. The van der Waals surface area contributed by atoms with Crippen molar-refractivity contribution in [3.63, 3.8) is 0 Å². The summed E-state index contributed by atoms with van der Waals surface area (Å²) in [6, 6.07) is 14.3. The lowest BCUT2D eigenvalue weighted by Crippen LogP contribution is -2.52. The number of hydrogen-bond donors (Lipinski definition) is 1. The van der Waals surface area contributed by atoms with Crippen molar-refractivity contribution < 1.29 is 14.4 Å². The Labute approximate surface area is 182 Å². The molecule has 3 aliphatic rings. The maximum Gasteiger partial charge on any atom is 0.234 e. The van der Waals surface area contributed by atoms with E-state index in [-0.39, 0.29) is 30.1 Å². The van der Waals surface area contributed by atoms with E-state index >= 15 is 0 Å². The highest BCUT2D eigenvalue weighted by atomic mass is 16.2. The molecule has 5 rings (SSSR count). The SMILES string of the molecule is O=C(CN1CCN(C(=O)C2CC(=O)N(c3cccc4ccccc34)C2)CC1)NC1CC1. The van der Waals surface area contributed by atoms with E-state index in [9.17, 15) is 14.4 Å². The zero-order valence-corrected chi connectivity index (χ0v) is 17.6. The van der Waals surface area contributed by atoms with Gasteiger partial charge in [0.05, 0.1) is 18.2 Å². The molecule has 2 heterocycles. The second-order valence-corrected chi connectivity index (χ2v) is 8.85. The fourth-order valence-corrected chi connectivity index (χ4v) is 4.64. The Bertz CT molecular complexity index is 1010. The van der Waals surface area contributed by atoms with Gasteiger partial charge in [-0.15, -0.1) is 0 Å². The maximum atomic E-state index is 13.1. The van der Waals surface area contributed by atoms with E-state index in [1.807, 2.05) is 47.4 Å². The van der Waals surface area contributed by atoms with Crippen molar-refractivity contribution in [2.75, 3.05) is 44.2 Å². The summed E-state index contributed by atoms with van der Waals surface area (Å²) in [6.07, 6.45) is 2.43. The number of carbonyl (C=O) groups excluding carboxylic acids is 3. The summed E-state index contributed by atoms with van der Waals surface area (Å²) in [5.41, 5.74) is 0.880. The minimum Gasteiger partial charge on any atom is -0.352 e. The molecule has 1 atom stereocenters. The molecule has 0 spiro atoms. The summed E-state index contributed by atoms with van der Waals surface area (Å²) < 4.78 is 0. The Balaban J connectivity index is 1.19. The fraction of sp³-hybridized carbons (Fsp3) is 0.458. The molecule has 2 aliphatic heterocycles. The van der Waals surface area contributed by atoms with E-state index in [1.165, 1.54) is 0 Å². The fourth-order valence-electron chi connectivity index (χ4n) is 4.64. The quantitative estimate of drug-likeness (QED) is 0.798. The van der Waals surface area contributed by atoms with E-state index in [4.69, 9.17) is 0 Å². The molecule has 3 fully saturated rings. The van der Waals surface area contributed by atoms with Crippen molar-refractivity contribution in [1.82, 2.24) is 15.1 Å². The Hall–Kier alpha value is -2.93. The van der Waals surface area contributed by atoms with Crippen LogP contribution >= 0.6 is 0 Å². The molecule has 2 aromatic rings. The number of anilines is 1. The summed E-state index contributed by atoms with van der Waals surface area (Å²) in [4.78, 5) is 43.6. The van der Waals surface area contributed by atoms with Gasteiger partial charge in [0.25, 0.3) is 0 Å². The smallest absolute Gasteiger partial charge is 0.234 e. The summed E-state index contributed by atoms with van der Waals surface area (Å²) in [5.74, 6) is -0.172. The van der Waals surface area contributed by atoms with Crippen molar-refractivity contribution in [3.8, 4) is 0 Å². The molecule has 2 aromatic carbocycles. The Kier molecular flexibility index (Phi) is 5.36. The monoisotopic (exact) mass is 420 g/mol. The van der Waals surface area contributed by atoms with Gasteiger partial charge in [-0.25, -0.2) is 0 Å². The van der Waals surface area contributed by atoms with Crippen LogP contribution in [0.25, 0.3) is 10.8 Å². The normalized spacial score (nSPS) is 22.2. The van der Waals surface area contributed by atoms with Gasteiger partial charge in [-0.05, 0) is 24.3 Å². The van der Waals surface area contributed by atoms with Crippen LogP contribution in [-0.4, -0.2) is 72.8 Å². The Morgan fingerprint density at radius 2 is 1.71 bits per heavy atom. The summed E-state index contributed by atoms with van der Waals surface area (Å²) in [6.45, 7) is 3.42. The van der Waals surface area contributed by atoms with E-state index < -0.39 is 0 Å². The predicted molar refractivity (Wildman–Crippen MR) is 119 cm³/mol. The van der Waals surface area contributed by atoms with Crippen LogP contribution in [0.4, 0.5) is 5.69 Å². The molecule has 0 radical (unpaired) electrons. The summed E-state index contributed by atoms with van der Waals surface area (Å²) in [7, 11) is 0. The third-order valence-corrected chi connectivity index (χ3v) is 6.53. The molecular weight excluding hydrogens is 392 g/mol. The van der Waals surface area contributed by atoms with Crippen molar-refractivity contribution in [3.05, 3.63) is 42.5 Å². The number of rotatable bonds is 5. The van der Waals surface area contributed by atoms with Crippen LogP contribution in [-0.2, 0) is 14.4 Å². The predicted octanol–water partition coefficient (Wildman–Crippen LogP) is 1.62. The van der Waals surface area contributed by atoms with Gasteiger partial charge in [0.1, 0.15) is 0 Å². The van der Waals surface area contributed by atoms with Gasteiger partial charge in [-0.1, -0.05) is 36.4 Å². The number of benzene rings is 2. The van der Waals surface area contributed by atoms with Crippen LogP contribution in [0.2, 0.25) is 0 Å². The van der Waals surface area contributed by atoms with Crippen LogP contribution in [0, 0.1) is 5.92 Å². The van der Waals surface area contributed by atoms with Gasteiger partial charge >= 0.3 is 0 Å². The first-order valence-corrected chi connectivity index (χ1v) is 11.2. The molecule has 1 N–H and O–H groups in total. The second-order valence-electron chi connectivity index (χ2n) is 8.85. The lowest BCUT2D eigenvalue weighted by Gasteiger charge is -2.35. The van der Waals surface area contributed by atoms with Crippen LogP contribution in [0.5, 0.6) is 0 Å². The molecule has 7 nitrogen and oxygen atoms in total. The van der Waals surface area contributed by atoms with Crippen molar-refractivity contribution >= 4 is 34.2 Å². The molecule has 2 saturated heterocycles. The maximum absolute atomic E-state index is 13.1. The van der Waals surface area contributed by atoms with Crippen LogP contribution in [0.3, 0.4) is 0 Å². The number of nitrogens with one attached hydrogen (secondary N) is 1. The molecule has 1 saturated carbocycles. The lowest BCUT2D eigenvalue weighted by molar-refractivity contribution is -0.137. The third kappa shape index (κ3) is 4.28. The van der Waals surface area contributed by atoms with Gasteiger partial charge in [0.15, 0.2) is 0 Å². The first-order chi connectivity index (χ1) is 15.1. The van der Waals surface area contributed by atoms with E-state index in [0.29, 0.717) is 45.3 Å². The summed E-state index contributed by atoms with van der Waals surface area (Å²) in [5, 5.41) is 5.13. The van der Waals surface area contributed by atoms with Gasteiger partial charge in [-0.3, -0.25) is 19.3 Å². The molecule has 0 bridgehead atoms. The van der Waals surface area contributed by atoms with E-state index in [1.54, 1.807) is 4.90 Å². The minimum atomic E-state index is -0.309. The average molecular weight is 421 g/mol. The first-order valence-electron chi connectivity index (χ1n) is 11.2. The number of nitrogens with zero attached hydrogens (tertiary/aromatic N) is 3. The molecule has 162 valence electrons. The molecule has 7 heteroatoms. The molecule has 1 unspecified atom stereocenters. The first kappa shape index (κ1) is 20.0. The number of amides is 3. The van der Waals surface area contributed by atoms with E-state index in [2.05, 4.69) is 10.2 Å². The third-order valence-electron chi connectivity index (χ3n) is 6.53. The van der Waals surface area contributed by atoms with Crippen molar-refractivity contribution in [2.45, 2.75) is 25.3 Å². The number of hydrogen-bond acceptors (Lipinski definition) is 4. The highest BCUT2D eigenvalue weighted by Crippen LogP contribution is 2.32.